The molecule has 0 amide bonds. The fourth-order valence-electron chi connectivity index (χ4n) is 2.95. The molecule has 0 bridgehead atoms. The van der Waals surface area contributed by atoms with Crippen LogP contribution in [-0.2, 0) is 0 Å². The molecule has 2 rings (SSSR count). The maximum absolute atomic E-state index is 6.53. The molecule has 1 atom stereocenters. The summed E-state index contributed by atoms with van der Waals surface area (Å²) in [6, 6.07) is 7.89. The largest absolute Gasteiger partial charge is 0.322 e. The van der Waals surface area contributed by atoms with Crippen molar-refractivity contribution in [3.63, 3.8) is 0 Å². The first-order valence-electron chi connectivity index (χ1n) is 7.28. The number of likely N-dealkylation sites (tertiary alicyclic amines) is 1. The van der Waals surface area contributed by atoms with Gasteiger partial charge in [0.15, 0.2) is 0 Å². The molecule has 0 saturated carbocycles. The maximum Gasteiger partial charge on any atom is 0.0491 e. The predicted molar refractivity (Wildman–Crippen MR) is 82.5 cm³/mol. The molecule has 1 saturated heterocycles. The SMILES string of the molecule is CC(C)(C(N)c1ccccc1Cl)N1CCCCCC1. The smallest absolute Gasteiger partial charge is 0.0491 e. The summed E-state index contributed by atoms with van der Waals surface area (Å²) in [7, 11) is 0. The molecule has 1 heterocycles. The van der Waals surface area contributed by atoms with E-state index < -0.39 is 0 Å². The summed E-state index contributed by atoms with van der Waals surface area (Å²) in [5.41, 5.74) is 7.52. The number of nitrogens with two attached hydrogens (primary N) is 1. The number of hydrogen-bond donors (Lipinski definition) is 1. The molecule has 0 radical (unpaired) electrons. The van der Waals surface area contributed by atoms with Crippen LogP contribution in [0.15, 0.2) is 24.3 Å². The van der Waals surface area contributed by atoms with Gasteiger partial charge in [-0.2, -0.15) is 0 Å². The third-order valence-corrected chi connectivity index (χ3v) is 4.77. The Bertz CT molecular complexity index is 409. The minimum absolute atomic E-state index is 0.0562. The Kier molecular flexibility index (Phi) is 4.88. The lowest BCUT2D eigenvalue weighted by molar-refractivity contribution is 0.0980. The van der Waals surface area contributed by atoms with Crippen molar-refractivity contribution >= 4 is 11.6 Å². The van der Waals surface area contributed by atoms with Crippen molar-refractivity contribution in [3.8, 4) is 0 Å². The van der Waals surface area contributed by atoms with Gasteiger partial charge in [0, 0.05) is 16.6 Å². The van der Waals surface area contributed by atoms with E-state index in [9.17, 15) is 0 Å². The molecule has 1 aliphatic heterocycles. The Morgan fingerprint density at radius 2 is 1.68 bits per heavy atom. The van der Waals surface area contributed by atoms with Crippen LogP contribution in [0.25, 0.3) is 0 Å². The molecule has 1 unspecified atom stereocenters. The number of nitrogens with zero attached hydrogens (tertiary/aromatic N) is 1. The van der Waals surface area contributed by atoms with E-state index in [1.807, 2.05) is 24.3 Å². The highest BCUT2D eigenvalue weighted by atomic mass is 35.5. The predicted octanol–water partition coefficient (Wildman–Crippen LogP) is 3.99. The third kappa shape index (κ3) is 3.31. The molecule has 0 spiro atoms. The summed E-state index contributed by atoms with van der Waals surface area (Å²) in [5, 5.41) is 0.776. The summed E-state index contributed by atoms with van der Waals surface area (Å²) >= 11 is 6.30. The first kappa shape index (κ1) is 14.8. The first-order valence-corrected chi connectivity index (χ1v) is 7.66. The normalized spacial score (nSPS) is 20.0. The number of halogens is 1. The van der Waals surface area contributed by atoms with Gasteiger partial charge in [0.1, 0.15) is 0 Å². The molecule has 0 aromatic heterocycles. The van der Waals surface area contributed by atoms with E-state index in [-0.39, 0.29) is 11.6 Å². The van der Waals surface area contributed by atoms with E-state index in [1.165, 1.54) is 25.7 Å². The van der Waals surface area contributed by atoms with Crippen molar-refractivity contribution in [2.24, 2.45) is 5.73 Å². The van der Waals surface area contributed by atoms with Gasteiger partial charge in [-0.1, -0.05) is 42.6 Å². The van der Waals surface area contributed by atoms with Gasteiger partial charge in [-0.15, -0.1) is 0 Å². The van der Waals surface area contributed by atoms with Gasteiger partial charge >= 0.3 is 0 Å². The number of benzene rings is 1. The summed E-state index contributed by atoms with van der Waals surface area (Å²) in [6.45, 7) is 6.77. The van der Waals surface area contributed by atoms with Crippen molar-refractivity contribution in [2.45, 2.75) is 51.1 Å². The standard InChI is InChI=1S/C16H25ClN2/c1-16(2,19-11-7-3-4-8-12-19)15(18)13-9-5-6-10-14(13)17/h5-6,9-10,15H,3-4,7-8,11-12,18H2,1-2H3. The lowest BCUT2D eigenvalue weighted by atomic mass is 9.87. The molecule has 19 heavy (non-hydrogen) atoms. The lowest BCUT2D eigenvalue weighted by Gasteiger charge is -2.42. The van der Waals surface area contributed by atoms with Gasteiger partial charge in [-0.05, 0) is 51.4 Å². The van der Waals surface area contributed by atoms with Gasteiger partial charge in [-0.25, -0.2) is 0 Å². The van der Waals surface area contributed by atoms with E-state index >= 15 is 0 Å². The minimum Gasteiger partial charge on any atom is -0.322 e. The van der Waals surface area contributed by atoms with Crippen molar-refractivity contribution in [3.05, 3.63) is 34.9 Å². The van der Waals surface area contributed by atoms with Gasteiger partial charge < -0.3 is 5.73 Å². The van der Waals surface area contributed by atoms with Crippen molar-refractivity contribution in [1.29, 1.82) is 0 Å². The third-order valence-electron chi connectivity index (χ3n) is 4.42. The van der Waals surface area contributed by atoms with Gasteiger partial charge in [-0.3, -0.25) is 4.90 Å². The highest BCUT2D eigenvalue weighted by molar-refractivity contribution is 6.31. The van der Waals surface area contributed by atoms with E-state index in [2.05, 4.69) is 18.7 Å². The molecule has 2 nitrogen and oxygen atoms in total. The summed E-state index contributed by atoms with van der Waals surface area (Å²) < 4.78 is 0. The van der Waals surface area contributed by atoms with Crippen LogP contribution in [-0.4, -0.2) is 23.5 Å². The lowest BCUT2D eigenvalue weighted by Crippen LogP contribution is -2.51. The van der Waals surface area contributed by atoms with Crippen LogP contribution < -0.4 is 5.73 Å². The summed E-state index contributed by atoms with van der Waals surface area (Å²) in [5.74, 6) is 0. The first-order chi connectivity index (χ1) is 9.03. The van der Waals surface area contributed by atoms with Gasteiger partial charge in [0.05, 0.1) is 0 Å². The average Bonchev–Trinajstić information content (AvgIpc) is 2.67. The Morgan fingerprint density at radius 1 is 1.11 bits per heavy atom. The monoisotopic (exact) mass is 280 g/mol. The minimum atomic E-state index is -0.0602. The molecule has 3 heteroatoms. The van der Waals surface area contributed by atoms with Gasteiger partial charge in [0.25, 0.3) is 0 Å². The van der Waals surface area contributed by atoms with Gasteiger partial charge in [0.2, 0.25) is 0 Å². The molecule has 106 valence electrons. The molecule has 1 fully saturated rings. The molecular weight excluding hydrogens is 256 g/mol. The highest BCUT2D eigenvalue weighted by Gasteiger charge is 2.34. The van der Waals surface area contributed by atoms with Crippen molar-refractivity contribution < 1.29 is 0 Å². The van der Waals surface area contributed by atoms with Crippen LogP contribution in [0, 0.1) is 0 Å². The Morgan fingerprint density at radius 3 is 2.26 bits per heavy atom. The second-order valence-electron chi connectivity index (χ2n) is 6.05. The summed E-state index contributed by atoms with van der Waals surface area (Å²) in [6.07, 6.45) is 5.24. The zero-order valence-electron chi connectivity index (χ0n) is 12.0. The molecule has 1 aliphatic rings. The molecule has 1 aromatic carbocycles. The fourth-order valence-corrected chi connectivity index (χ4v) is 3.20. The van der Waals surface area contributed by atoms with E-state index in [0.29, 0.717) is 0 Å². The molecule has 2 N–H and O–H groups in total. The van der Waals surface area contributed by atoms with E-state index in [0.717, 1.165) is 23.7 Å². The van der Waals surface area contributed by atoms with Crippen LogP contribution in [0.3, 0.4) is 0 Å². The number of rotatable bonds is 3. The van der Waals surface area contributed by atoms with E-state index in [4.69, 9.17) is 17.3 Å². The van der Waals surface area contributed by atoms with Crippen molar-refractivity contribution in [2.75, 3.05) is 13.1 Å². The van der Waals surface area contributed by atoms with Crippen LogP contribution >= 0.6 is 11.6 Å². The van der Waals surface area contributed by atoms with Crippen LogP contribution in [0.2, 0.25) is 5.02 Å². The van der Waals surface area contributed by atoms with Crippen molar-refractivity contribution in [1.82, 2.24) is 4.90 Å². The molecular formula is C16H25ClN2. The maximum atomic E-state index is 6.53. The Balaban J connectivity index is 2.20. The fraction of sp³-hybridized carbons (Fsp3) is 0.625. The Labute approximate surface area is 121 Å². The number of hydrogen-bond acceptors (Lipinski definition) is 2. The zero-order chi connectivity index (χ0) is 13.9. The quantitative estimate of drug-likeness (QED) is 0.907. The highest BCUT2D eigenvalue weighted by Crippen LogP contribution is 2.34. The van der Waals surface area contributed by atoms with Crippen LogP contribution in [0.4, 0.5) is 0 Å². The summed E-state index contributed by atoms with van der Waals surface area (Å²) in [4.78, 5) is 2.54. The average molecular weight is 281 g/mol. The second kappa shape index (κ2) is 6.25. The second-order valence-corrected chi connectivity index (χ2v) is 6.46. The molecule has 0 aliphatic carbocycles. The van der Waals surface area contributed by atoms with Crippen LogP contribution in [0.1, 0.15) is 51.1 Å². The molecule has 1 aromatic rings. The van der Waals surface area contributed by atoms with E-state index in [1.54, 1.807) is 0 Å². The zero-order valence-corrected chi connectivity index (χ0v) is 12.8. The van der Waals surface area contributed by atoms with Crippen LogP contribution in [0.5, 0.6) is 0 Å². The topological polar surface area (TPSA) is 29.3 Å². The Hall–Kier alpha value is -0.570.